The van der Waals surface area contributed by atoms with Gasteiger partial charge >= 0.3 is 5.97 Å². The third-order valence-electron chi connectivity index (χ3n) is 2.56. The number of aromatic carboxylic acids is 1. The molecule has 1 aromatic carbocycles. The lowest BCUT2D eigenvalue weighted by molar-refractivity contribution is 0.0692. The van der Waals surface area contributed by atoms with Gasteiger partial charge in [-0.1, -0.05) is 26.2 Å². The summed E-state index contributed by atoms with van der Waals surface area (Å²) in [5.74, 6) is -1.94. The first-order valence-corrected chi connectivity index (χ1v) is 5.92. The van der Waals surface area contributed by atoms with Crippen LogP contribution in [0.4, 0.5) is 10.1 Å². The van der Waals surface area contributed by atoms with Gasteiger partial charge in [-0.25, -0.2) is 9.18 Å². The van der Waals surface area contributed by atoms with E-state index in [1.807, 2.05) is 0 Å². The van der Waals surface area contributed by atoms with Crippen LogP contribution in [-0.4, -0.2) is 17.6 Å². The van der Waals surface area contributed by atoms with E-state index in [0.29, 0.717) is 5.69 Å². The first-order valence-electron chi connectivity index (χ1n) is 5.92. The molecule has 0 saturated carbocycles. The summed E-state index contributed by atoms with van der Waals surface area (Å²) in [6, 6.07) is 4.07. The molecule has 2 N–H and O–H groups in total. The second kappa shape index (κ2) is 6.89. The van der Waals surface area contributed by atoms with Gasteiger partial charge in [0, 0.05) is 12.2 Å². The highest BCUT2D eigenvalue weighted by atomic mass is 19.1. The van der Waals surface area contributed by atoms with E-state index in [0.717, 1.165) is 19.4 Å². The number of rotatable bonds is 7. The molecule has 0 heterocycles. The summed E-state index contributed by atoms with van der Waals surface area (Å²) in [7, 11) is 0. The van der Waals surface area contributed by atoms with Crippen LogP contribution in [0.25, 0.3) is 0 Å². The fraction of sp³-hybridized carbons (Fsp3) is 0.462. The molecule has 0 amide bonds. The maximum atomic E-state index is 13.1. The highest BCUT2D eigenvalue weighted by Gasteiger charge is 2.10. The summed E-state index contributed by atoms with van der Waals surface area (Å²) >= 11 is 0. The molecule has 0 unspecified atom stereocenters. The molecule has 0 aliphatic carbocycles. The summed E-state index contributed by atoms with van der Waals surface area (Å²) in [4.78, 5) is 10.7. The number of carbonyl (C=O) groups is 1. The third-order valence-corrected chi connectivity index (χ3v) is 2.56. The van der Waals surface area contributed by atoms with Crippen molar-refractivity contribution >= 4 is 11.7 Å². The number of hydrogen-bond donors (Lipinski definition) is 2. The van der Waals surface area contributed by atoms with Crippen LogP contribution < -0.4 is 5.32 Å². The van der Waals surface area contributed by atoms with Crippen molar-refractivity contribution in [3.63, 3.8) is 0 Å². The van der Waals surface area contributed by atoms with E-state index in [4.69, 9.17) is 5.11 Å². The van der Waals surface area contributed by atoms with Gasteiger partial charge in [0.25, 0.3) is 0 Å². The Bertz CT molecular complexity index is 380. The van der Waals surface area contributed by atoms with Crippen molar-refractivity contribution in [1.29, 1.82) is 0 Å². The molecular formula is C13H18FNO2. The quantitative estimate of drug-likeness (QED) is 0.716. The largest absolute Gasteiger partial charge is 0.478 e. The zero-order valence-electron chi connectivity index (χ0n) is 10.0. The van der Waals surface area contributed by atoms with Crippen molar-refractivity contribution < 1.29 is 14.3 Å². The molecule has 0 radical (unpaired) electrons. The predicted molar refractivity (Wildman–Crippen MR) is 66.0 cm³/mol. The van der Waals surface area contributed by atoms with Gasteiger partial charge in [-0.05, 0) is 24.6 Å². The molecular weight excluding hydrogens is 221 g/mol. The van der Waals surface area contributed by atoms with Crippen LogP contribution in [0.1, 0.15) is 43.0 Å². The minimum absolute atomic E-state index is 0.288. The molecule has 0 fully saturated rings. The van der Waals surface area contributed by atoms with Crippen molar-refractivity contribution in [3.8, 4) is 0 Å². The maximum Gasteiger partial charge on any atom is 0.338 e. The third kappa shape index (κ3) is 4.43. The second-order valence-corrected chi connectivity index (χ2v) is 3.99. The van der Waals surface area contributed by atoms with Crippen molar-refractivity contribution in [1.82, 2.24) is 0 Å². The molecule has 4 heteroatoms. The molecule has 1 rings (SSSR count). The van der Waals surface area contributed by atoms with Gasteiger partial charge in [0.1, 0.15) is 5.82 Å². The highest BCUT2D eigenvalue weighted by molar-refractivity contribution is 5.89. The molecule has 3 nitrogen and oxygen atoms in total. The second-order valence-electron chi connectivity index (χ2n) is 3.99. The predicted octanol–water partition coefficient (Wildman–Crippen LogP) is 3.52. The van der Waals surface area contributed by atoms with E-state index in [1.165, 1.54) is 25.0 Å². The van der Waals surface area contributed by atoms with Crippen LogP contribution in [-0.2, 0) is 0 Å². The van der Waals surface area contributed by atoms with Crippen molar-refractivity contribution in [2.24, 2.45) is 0 Å². The molecule has 0 spiro atoms. The topological polar surface area (TPSA) is 49.3 Å². The van der Waals surface area contributed by atoms with Crippen LogP contribution in [0.15, 0.2) is 18.2 Å². The average molecular weight is 239 g/mol. The first kappa shape index (κ1) is 13.5. The van der Waals surface area contributed by atoms with Crippen LogP contribution in [0.2, 0.25) is 0 Å². The number of unbranched alkanes of at least 4 members (excludes halogenated alkanes) is 3. The number of benzene rings is 1. The number of halogens is 1. The lowest BCUT2D eigenvalue weighted by Crippen LogP contribution is -2.05. The monoisotopic (exact) mass is 239 g/mol. The zero-order valence-corrected chi connectivity index (χ0v) is 10.0. The van der Waals surface area contributed by atoms with Crippen LogP contribution in [0.3, 0.4) is 0 Å². The zero-order chi connectivity index (χ0) is 12.7. The molecule has 1 aromatic rings. The Morgan fingerprint density at radius 1 is 1.35 bits per heavy atom. The van der Waals surface area contributed by atoms with Gasteiger partial charge in [-0.3, -0.25) is 0 Å². The van der Waals surface area contributed by atoms with E-state index in [2.05, 4.69) is 12.2 Å². The number of nitrogens with one attached hydrogen (secondary N) is 1. The minimum Gasteiger partial charge on any atom is -0.478 e. The Morgan fingerprint density at radius 2 is 2.12 bits per heavy atom. The highest BCUT2D eigenvalue weighted by Crippen LogP contribution is 2.15. The molecule has 0 aliphatic rings. The Kier molecular flexibility index (Phi) is 5.46. The van der Waals surface area contributed by atoms with E-state index in [-0.39, 0.29) is 5.56 Å². The van der Waals surface area contributed by atoms with E-state index >= 15 is 0 Å². The number of hydrogen-bond acceptors (Lipinski definition) is 2. The SMILES string of the molecule is CCCCCCNc1ccc(F)c(C(=O)O)c1. The van der Waals surface area contributed by atoms with Crippen LogP contribution >= 0.6 is 0 Å². The molecule has 17 heavy (non-hydrogen) atoms. The summed E-state index contributed by atoms with van der Waals surface area (Å²) in [6.45, 7) is 2.93. The average Bonchev–Trinajstić information content (AvgIpc) is 2.30. The molecule has 94 valence electrons. The van der Waals surface area contributed by atoms with Crippen molar-refractivity contribution in [3.05, 3.63) is 29.6 Å². The number of carboxylic acids is 1. The van der Waals surface area contributed by atoms with Gasteiger partial charge < -0.3 is 10.4 Å². The normalized spacial score (nSPS) is 10.2. The van der Waals surface area contributed by atoms with Crippen molar-refractivity contribution in [2.75, 3.05) is 11.9 Å². The Hall–Kier alpha value is -1.58. The minimum atomic E-state index is -1.24. The molecule has 0 aromatic heterocycles. The van der Waals surface area contributed by atoms with Gasteiger partial charge in [0.05, 0.1) is 5.56 Å². The standard InChI is InChI=1S/C13H18FNO2/c1-2-3-4-5-8-15-10-6-7-12(14)11(9-10)13(16)17/h6-7,9,15H,2-5,8H2,1H3,(H,16,17). The number of anilines is 1. The lowest BCUT2D eigenvalue weighted by Gasteiger charge is -2.07. The van der Waals surface area contributed by atoms with Crippen LogP contribution in [0.5, 0.6) is 0 Å². The first-order chi connectivity index (χ1) is 8.15. The summed E-state index contributed by atoms with van der Waals surface area (Å²) in [6.07, 6.45) is 4.56. The summed E-state index contributed by atoms with van der Waals surface area (Å²) in [5.41, 5.74) is 0.365. The summed E-state index contributed by atoms with van der Waals surface area (Å²) in [5, 5.41) is 11.9. The Balaban J connectivity index is 2.49. The molecule has 0 atom stereocenters. The molecule has 0 bridgehead atoms. The van der Waals surface area contributed by atoms with Gasteiger partial charge in [-0.15, -0.1) is 0 Å². The molecule has 0 aliphatic heterocycles. The van der Waals surface area contributed by atoms with Gasteiger partial charge in [0.2, 0.25) is 0 Å². The Morgan fingerprint density at radius 3 is 2.76 bits per heavy atom. The maximum absolute atomic E-state index is 13.1. The van der Waals surface area contributed by atoms with Gasteiger partial charge in [-0.2, -0.15) is 0 Å². The van der Waals surface area contributed by atoms with E-state index < -0.39 is 11.8 Å². The Labute approximate surface area is 101 Å². The lowest BCUT2D eigenvalue weighted by atomic mass is 10.1. The van der Waals surface area contributed by atoms with Crippen LogP contribution in [0, 0.1) is 5.82 Å². The molecule has 0 saturated heterocycles. The van der Waals surface area contributed by atoms with E-state index in [9.17, 15) is 9.18 Å². The summed E-state index contributed by atoms with van der Waals surface area (Å²) < 4.78 is 13.1. The number of carboxylic acid groups (broad SMARTS) is 1. The fourth-order valence-corrected chi connectivity index (χ4v) is 1.58. The fourth-order valence-electron chi connectivity index (χ4n) is 1.58. The van der Waals surface area contributed by atoms with E-state index in [1.54, 1.807) is 6.07 Å². The smallest absolute Gasteiger partial charge is 0.338 e. The van der Waals surface area contributed by atoms with Crippen molar-refractivity contribution in [2.45, 2.75) is 32.6 Å². The van der Waals surface area contributed by atoms with Gasteiger partial charge in [0.15, 0.2) is 0 Å².